The van der Waals surface area contributed by atoms with E-state index in [0.29, 0.717) is 49.9 Å². The molecular formula is C21H25ClN2O5S. The van der Waals surface area contributed by atoms with Gasteiger partial charge in [-0.3, -0.25) is 4.79 Å². The molecule has 1 aliphatic heterocycles. The minimum atomic E-state index is -3.77. The summed E-state index contributed by atoms with van der Waals surface area (Å²) in [6.07, 6.45) is 1.25. The number of morpholine rings is 1. The molecule has 3 rings (SSSR count). The van der Waals surface area contributed by atoms with E-state index in [1.807, 2.05) is 24.3 Å². The highest BCUT2D eigenvalue weighted by atomic mass is 35.5. The minimum absolute atomic E-state index is 0.0256. The molecule has 0 unspecified atom stereocenters. The molecule has 7 nitrogen and oxygen atoms in total. The van der Waals surface area contributed by atoms with Gasteiger partial charge in [-0.25, -0.2) is 13.1 Å². The van der Waals surface area contributed by atoms with Crippen molar-refractivity contribution in [3.05, 3.63) is 58.6 Å². The van der Waals surface area contributed by atoms with Crippen LogP contribution in [0.4, 0.5) is 0 Å². The van der Waals surface area contributed by atoms with Crippen LogP contribution >= 0.6 is 11.6 Å². The first-order valence-corrected chi connectivity index (χ1v) is 11.6. The fourth-order valence-electron chi connectivity index (χ4n) is 3.23. The Bertz CT molecular complexity index is 991. The standard InChI is InChI=1S/C21H25ClN2O5S/c1-28-20-9-8-17(15-18(20)21(25)24-11-13-29-14-12-24)30(26,27)23-10-4-6-16-5-2-3-7-19(16)22/h2-3,5,7-9,15,23H,4,6,10-14H2,1H3. The second-order valence-electron chi connectivity index (χ2n) is 6.86. The van der Waals surface area contributed by atoms with E-state index in [2.05, 4.69) is 4.72 Å². The number of sulfonamides is 1. The first kappa shape index (κ1) is 22.6. The topological polar surface area (TPSA) is 84.9 Å². The molecule has 0 spiro atoms. The molecule has 0 bridgehead atoms. The molecule has 1 aliphatic rings. The second kappa shape index (κ2) is 10.3. The molecule has 1 fully saturated rings. The average Bonchev–Trinajstić information content (AvgIpc) is 2.77. The van der Waals surface area contributed by atoms with Gasteiger partial charge in [0, 0.05) is 24.7 Å². The zero-order chi connectivity index (χ0) is 21.6. The van der Waals surface area contributed by atoms with Crippen molar-refractivity contribution in [2.75, 3.05) is 40.0 Å². The van der Waals surface area contributed by atoms with Crippen LogP contribution in [0.2, 0.25) is 5.02 Å². The number of halogens is 1. The number of amides is 1. The summed E-state index contributed by atoms with van der Waals surface area (Å²) in [5.41, 5.74) is 1.19. The highest BCUT2D eigenvalue weighted by molar-refractivity contribution is 7.89. The molecular weight excluding hydrogens is 428 g/mol. The number of nitrogens with zero attached hydrogens (tertiary/aromatic N) is 1. The maximum absolute atomic E-state index is 12.9. The Labute approximate surface area is 182 Å². The summed E-state index contributed by atoms with van der Waals surface area (Å²) in [5, 5.41) is 0.668. The van der Waals surface area contributed by atoms with E-state index >= 15 is 0 Å². The van der Waals surface area contributed by atoms with Gasteiger partial charge in [-0.15, -0.1) is 0 Å². The summed E-state index contributed by atoms with van der Waals surface area (Å²) in [6.45, 7) is 2.09. The van der Waals surface area contributed by atoms with E-state index in [0.717, 1.165) is 5.56 Å². The maximum atomic E-state index is 12.9. The van der Waals surface area contributed by atoms with Crippen LogP contribution < -0.4 is 9.46 Å². The number of nitrogens with one attached hydrogen (secondary N) is 1. The van der Waals surface area contributed by atoms with Gasteiger partial charge in [-0.2, -0.15) is 0 Å². The smallest absolute Gasteiger partial charge is 0.257 e. The number of ether oxygens (including phenoxy) is 2. The molecule has 0 aliphatic carbocycles. The van der Waals surface area contributed by atoms with Crippen molar-refractivity contribution in [1.29, 1.82) is 0 Å². The average molecular weight is 453 g/mol. The molecule has 1 amide bonds. The van der Waals surface area contributed by atoms with Gasteiger partial charge in [0.25, 0.3) is 5.91 Å². The van der Waals surface area contributed by atoms with Gasteiger partial charge in [-0.1, -0.05) is 29.8 Å². The van der Waals surface area contributed by atoms with Crippen molar-refractivity contribution in [1.82, 2.24) is 9.62 Å². The van der Waals surface area contributed by atoms with Gasteiger partial charge in [0.05, 0.1) is 30.8 Å². The lowest BCUT2D eigenvalue weighted by Gasteiger charge is -2.27. The van der Waals surface area contributed by atoms with Crippen LogP contribution in [0, 0.1) is 0 Å². The summed E-state index contributed by atoms with van der Waals surface area (Å²) in [7, 11) is -2.32. The first-order chi connectivity index (χ1) is 14.4. The molecule has 2 aromatic carbocycles. The second-order valence-corrected chi connectivity index (χ2v) is 9.03. The van der Waals surface area contributed by atoms with Crippen LogP contribution in [0.15, 0.2) is 47.4 Å². The Morgan fingerprint density at radius 2 is 1.93 bits per heavy atom. The predicted molar refractivity (Wildman–Crippen MR) is 115 cm³/mol. The van der Waals surface area contributed by atoms with Crippen molar-refractivity contribution in [3.8, 4) is 5.75 Å². The van der Waals surface area contributed by atoms with Gasteiger partial charge in [0.1, 0.15) is 5.75 Å². The summed E-state index contributed by atoms with van der Waals surface area (Å²) in [6, 6.07) is 11.8. The minimum Gasteiger partial charge on any atom is -0.496 e. The van der Waals surface area contributed by atoms with Crippen molar-refractivity contribution in [3.63, 3.8) is 0 Å². The summed E-state index contributed by atoms with van der Waals surface area (Å²) >= 11 is 6.13. The molecule has 0 atom stereocenters. The molecule has 0 radical (unpaired) electrons. The lowest BCUT2D eigenvalue weighted by molar-refractivity contribution is 0.0300. The van der Waals surface area contributed by atoms with Crippen LogP contribution in [0.5, 0.6) is 5.75 Å². The monoisotopic (exact) mass is 452 g/mol. The number of benzene rings is 2. The van der Waals surface area contributed by atoms with Crippen molar-refractivity contribution >= 4 is 27.5 Å². The van der Waals surface area contributed by atoms with E-state index < -0.39 is 10.0 Å². The van der Waals surface area contributed by atoms with Crippen molar-refractivity contribution in [2.24, 2.45) is 0 Å². The predicted octanol–water partition coefficient (Wildman–Crippen LogP) is 2.73. The largest absolute Gasteiger partial charge is 0.496 e. The van der Waals surface area contributed by atoms with Gasteiger partial charge >= 0.3 is 0 Å². The van der Waals surface area contributed by atoms with Crippen LogP contribution in [0.1, 0.15) is 22.3 Å². The molecule has 1 N–H and O–H groups in total. The van der Waals surface area contributed by atoms with E-state index in [1.165, 1.54) is 25.3 Å². The molecule has 30 heavy (non-hydrogen) atoms. The van der Waals surface area contributed by atoms with Crippen LogP contribution in [0.3, 0.4) is 0 Å². The SMILES string of the molecule is COc1ccc(S(=O)(=O)NCCCc2ccccc2Cl)cc1C(=O)N1CCOCC1. The van der Waals surface area contributed by atoms with E-state index in [9.17, 15) is 13.2 Å². The quantitative estimate of drug-likeness (QED) is 0.622. The Hall–Kier alpha value is -2.13. The van der Waals surface area contributed by atoms with Crippen LogP contribution in [-0.2, 0) is 21.2 Å². The van der Waals surface area contributed by atoms with Crippen molar-refractivity contribution in [2.45, 2.75) is 17.7 Å². The summed E-state index contributed by atoms with van der Waals surface area (Å²) in [5.74, 6) is 0.0649. The summed E-state index contributed by atoms with van der Waals surface area (Å²) in [4.78, 5) is 14.5. The highest BCUT2D eigenvalue weighted by Gasteiger charge is 2.24. The first-order valence-electron chi connectivity index (χ1n) is 9.70. The number of aryl methyl sites for hydroxylation is 1. The Kier molecular flexibility index (Phi) is 7.71. The van der Waals surface area contributed by atoms with Gasteiger partial charge < -0.3 is 14.4 Å². The lowest BCUT2D eigenvalue weighted by Crippen LogP contribution is -2.40. The van der Waals surface area contributed by atoms with Crippen molar-refractivity contribution < 1.29 is 22.7 Å². The normalized spacial score (nSPS) is 14.5. The fraction of sp³-hybridized carbons (Fsp3) is 0.381. The Balaban J connectivity index is 1.69. The highest BCUT2D eigenvalue weighted by Crippen LogP contribution is 2.24. The molecule has 9 heteroatoms. The number of methoxy groups -OCH3 is 1. The Morgan fingerprint density at radius 1 is 1.20 bits per heavy atom. The van der Waals surface area contributed by atoms with E-state index in [4.69, 9.17) is 21.1 Å². The fourth-order valence-corrected chi connectivity index (χ4v) is 4.56. The zero-order valence-electron chi connectivity index (χ0n) is 16.8. The van der Waals surface area contributed by atoms with Gasteiger partial charge in [-0.05, 0) is 42.7 Å². The van der Waals surface area contributed by atoms with Gasteiger partial charge in [0.2, 0.25) is 10.0 Å². The Morgan fingerprint density at radius 3 is 2.63 bits per heavy atom. The number of carbonyl (C=O) groups excluding carboxylic acids is 1. The number of carbonyl (C=O) groups is 1. The lowest BCUT2D eigenvalue weighted by atomic mass is 10.1. The van der Waals surface area contributed by atoms with E-state index in [1.54, 1.807) is 4.90 Å². The third-order valence-corrected chi connectivity index (χ3v) is 6.71. The third-order valence-electron chi connectivity index (χ3n) is 4.88. The molecule has 162 valence electrons. The van der Waals surface area contributed by atoms with Gasteiger partial charge in [0.15, 0.2) is 0 Å². The molecule has 2 aromatic rings. The van der Waals surface area contributed by atoms with Crippen LogP contribution in [-0.4, -0.2) is 59.2 Å². The molecule has 1 heterocycles. The number of hydrogen-bond donors (Lipinski definition) is 1. The summed E-state index contributed by atoms with van der Waals surface area (Å²) < 4.78 is 38.6. The third kappa shape index (κ3) is 5.51. The number of hydrogen-bond acceptors (Lipinski definition) is 5. The zero-order valence-corrected chi connectivity index (χ0v) is 18.3. The molecule has 1 saturated heterocycles. The van der Waals surface area contributed by atoms with E-state index in [-0.39, 0.29) is 22.9 Å². The molecule has 0 saturated carbocycles. The molecule has 0 aromatic heterocycles. The van der Waals surface area contributed by atoms with Crippen LogP contribution in [0.25, 0.3) is 0 Å². The maximum Gasteiger partial charge on any atom is 0.257 e. The number of rotatable bonds is 8.